The molecule has 1 saturated heterocycles. The molecule has 0 atom stereocenters. The lowest BCUT2D eigenvalue weighted by molar-refractivity contribution is -0.0211. The van der Waals surface area contributed by atoms with Gasteiger partial charge in [-0.2, -0.15) is 0 Å². The molecule has 1 fully saturated rings. The Balaban J connectivity index is 1.73. The molecular formula is C17H17NO4S. The largest absolute Gasteiger partial charge is 0.477 e. The van der Waals surface area contributed by atoms with E-state index in [0.717, 1.165) is 16.9 Å². The Labute approximate surface area is 137 Å². The average molecular weight is 331 g/mol. The minimum absolute atomic E-state index is 0.0684. The van der Waals surface area contributed by atoms with Crippen molar-refractivity contribution >= 4 is 23.2 Å². The molecule has 0 unspecified atom stereocenters. The molecule has 0 radical (unpaired) electrons. The number of thiophene rings is 1. The first kappa shape index (κ1) is 15.7. The molecule has 1 aliphatic heterocycles. The van der Waals surface area contributed by atoms with E-state index in [-0.39, 0.29) is 16.3 Å². The minimum atomic E-state index is -1.08. The van der Waals surface area contributed by atoms with Gasteiger partial charge in [-0.25, -0.2) is 4.79 Å². The van der Waals surface area contributed by atoms with Gasteiger partial charge in [0.05, 0.1) is 11.2 Å². The topological polar surface area (TPSA) is 77.8 Å². The first-order valence-electron chi connectivity index (χ1n) is 7.39. The highest BCUT2D eigenvalue weighted by Crippen LogP contribution is 2.33. The quantitative estimate of drug-likeness (QED) is 0.906. The van der Waals surface area contributed by atoms with E-state index >= 15 is 0 Å². The third kappa shape index (κ3) is 3.00. The fraction of sp³-hybridized carbons (Fsp3) is 0.294. The van der Waals surface area contributed by atoms with Gasteiger partial charge in [0.15, 0.2) is 0 Å². The van der Waals surface area contributed by atoms with Crippen molar-refractivity contribution < 1.29 is 19.8 Å². The number of aromatic carboxylic acids is 1. The number of benzene rings is 1. The summed E-state index contributed by atoms with van der Waals surface area (Å²) in [6.45, 7) is 0.804. The van der Waals surface area contributed by atoms with Crippen molar-refractivity contribution in [2.24, 2.45) is 0 Å². The average Bonchev–Trinajstić information content (AvgIpc) is 3.06. The van der Waals surface area contributed by atoms with Gasteiger partial charge >= 0.3 is 5.97 Å². The number of carbonyl (C=O) groups excluding carboxylic acids is 1. The standard InChI is InChI=1S/C17H17NO4S/c19-15(13-6-11-23-14(13)16(20)21)18-9-7-17(22,8-10-18)12-4-2-1-3-5-12/h1-6,11,22H,7-10H2,(H,20,21). The molecule has 0 spiro atoms. The van der Waals surface area contributed by atoms with Crippen molar-refractivity contribution in [3.63, 3.8) is 0 Å². The van der Waals surface area contributed by atoms with Crippen LogP contribution in [0.2, 0.25) is 0 Å². The second-order valence-corrected chi connectivity index (χ2v) is 6.57. The molecule has 5 nitrogen and oxygen atoms in total. The second kappa shape index (κ2) is 6.14. The maximum atomic E-state index is 12.5. The summed E-state index contributed by atoms with van der Waals surface area (Å²) < 4.78 is 0. The zero-order chi connectivity index (χ0) is 16.4. The Kier molecular flexibility index (Phi) is 4.19. The summed E-state index contributed by atoms with van der Waals surface area (Å²) in [6.07, 6.45) is 0.880. The number of aliphatic hydroxyl groups is 1. The monoisotopic (exact) mass is 331 g/mol. The lowest BCUT2D eigenvalue weighted by atomic mass is 9.84. The van der Waals surface area contributed by atoms with E-state index in [0.29, 0.717) is 25.9 Å². The number of nitrogens with zero attached hydrogens (tertiary/aromatic N) is 1. The Morgan fingerprint density at radius 1 is 1.09 bits per heavy atom. The van der Waals surface area contributed by atoms with Crippen molar-refractivity contribution in [1.82, 2.24) is 4.90 Å². The summed E-state index contributed by atoms with van der Waals surface area (Å²) in [6, 6.07) is 11.0. The van der Waals surface area contributed by atoms with E-state index in [2.05, 4.69) is 0 Å². The summed E-state index contributed by atoms with van der Waals surface area (Å²) in [5.41, 5.74) is 0.156. The number of rotatable bonds is 3. The molecule has 1 amide bonds. The maximum absolute atomic E-state index is 12.5. The van der Waals surface area contributed by atoms with Crippen LogP contribution in [0.25, 0.3) is 0 Å². The molecule has 23 heavy (non-hydrogen) atoms. The molecule has 1 aromatic heterocycles. The van der Waals surface area contributed by atoms with Crippen LogP contribution in [0.5, 0.6) is 0 Å². The maximum Gasteiger partial charge on any atom is 0.346 e. The number of amides is 1. The molecule has 2 N–H and O–H groups in total. The van der Waals surface area contributed by atoms with Gasteiger partial charge in [-0.1, -0.05) is 30.3 Å². The Morgan fingerprint density at radius 3 is 2.35 bits per heavy atom. The third-order valence-electron chi connectivity index (χ3n) is 4.28. The number of carboxylic acids is 1. The molecule has 0 aliphatic carbocycles. The molecule has 0 saturated carbocycles. The van der Waals surface area contributed by atoms with E-state index in [1.807, 2.05) is 30.3 Å². The van der Waals surface area contributed by atoms with Gasteiger partial charge < -0.3 is 15.1 Å². The molecule has 1 aromatic carbocycles. The highest BCUT2D eigenvalue weighted by molar-refractivity contribution is 7.12. The number of hydrogen-bond donors (Lipinski definition) is 2. The lowest BCUT2D eigenvalue weighted by Crippen LogP contribution is -2.45. The summed E-state index contributed by atoms with van der Waals surface area (Å²) in [5.74, 6) is -1.36. The first-order chi connectivity index (χ1) is 11.0. The molecule has 120 valence electrons. The van der Waals surface area contributed by atoms with Crippen LogP contribution in [0.4, 0.5) is 0 Å². The van der Waals surface area contributed by atoms with Gasteiger partial charge in [-0.15, -0.1) is 11.3 Å². The SMILES string of the molecule is O=C(O)c1sccc1C(=O)N1CCC(O)(c2ccccc2)CC1. The summed E-state index contributed by atoms with van der Waals surface area (Å²) in [5, 5.41) is 21.5. The van der Waals surface area contributed by atoms with Crippen molar-refractivity contribution in [3.05, 3.63) is 57.8 Å². The number of piperidine rings is 1. The smallest absolute Gasteiger partial charge is 0.346 e. The highest BCUT2D eigenvalue weighted by Gasteiger charge is 2.36. The van der Waals surface area contributed by atoms with Crippen LogP contribution in [0.3, 0.4) is 0 Å². The van der Waals surface area contributed by atoms with Crippen LogP contribution in [-0.2, 0) is 5.60 Å². The fourth-order valence-electron chi connectivity index (χ4n) is 2.93. The van der Waals surface area contributed by atoms with Crippen LogP contribution < -0.4 is 0 Å². The molecule has 2 heterocycles. The van der Waals surface area contributed by atoms with Crippen LogP contribution >= 0.6 is 11.3 Å². The lowest BCUT2D eigenvalue weighted by Gasteiger charge is -2.38. The van der Waals surface area contributed by atoms with Crippen molar-refractivity contribution in [2.75, 3.05) is 13.1 Å². The predicted octanol–water partition coefficient (Wildman–Crippen LogP) is 2.57. The summed E-state index contributed by atoms with van der Waals surface area (Å²) >= 11 is 1.05. The predicted molar refractivity (Wildman–Crippen MR) is 86.8 cm³/mol. The van der Waals surface area contributed by atoms with Crippen LogP contribution in [-0.4, -0.2) is 40.1 Å². The fourth-order valence-corrected chi connectivity index (χ4v) is 3.65. The van der Waals surface area contributed by atoms with Crippen LogP contribution in [0, 0.1) is 0 Å². The molecule has 3 rings (SSSR count). The van der Waals surface area contributed by atoms with Crippen LogP contribution in [0.15, 0.2) is 41.8 Å². The second-order valence-electron chi connectivity index (χ2n) is 5.66. The zero-order valence-electron chi connectivity index (χ0n) is 12.4. The van der Waals surface area contributed by atoms with Gasteiger partial charge in [-0.3, -0.25) is 4.79 Å². The van der Waals surface area contributed by atoms with Crippen molar-refractivity contribution in [2.45, 2.75) is 18.4 Å². The number of likely N-dealkylation sites (tertiary alicyclic amines) is 1. The summed E-state index contributed by atoms with van der Waals surface area (Å²) in [4.78, 5) is 25.4. The molecular weight excluding hydrogens is 314 g/mol. The Morgan fingerprint density at radius 2 is 1.74 bits per heavy atom. The number of hydrogen-bond acceptors (Lipinski definition) is 4. The van der Waals surface area contributed by atoms with Gasteiger partial charge in [0.1, 0.15) is 4.88 Å². The van der Waals surface area contributed by atoms with E-state index in [9.17, 15) is 14.7 Å². The normalized spacial score (nSPS) is 17.0. The molecule has 1 aliphatic rings. The molecule has 0 bridgehead atoms. The minimum Gasteiger partial charge on any atom is -0.477 e. The molecule has 6 heteroatoms. The zero-order valence-corrected chi connectivity index (χ0v) is 13.3. The Hall–Kier alpha value is -2.18. The number of carbonyl (C=O) groups is 2. The van der Waals surface area contributed by atoms with E-state index in [4.69, 9.17) is 5.11 Å². The van der Waals surface area contributed by atoms with Gasteiger partial charge in [0, 0.05) is 13.1 Å². The van der Waals surface area contributed by atoms with E-state index in [1.165, 1.54) is 0 Å². The van der Waals surface area contributed by atoms with Gasteiger partial charge in [0.2, 0.25) is 0 Å². The highest BCUT2D eigenvalue weighted by atomic mass is 32.1. The Bertz CT molecular complexity index is 717. The third-order valence-corrected chi connectivity index (χ3v) is 5.18. The first-order valence-corrected chi connectivity index (χ1v) is 8.27. The van der Waals surface area contributed by atoms with Crippen LogP contribution in [0.1, 0.15) is 38.4 Å². The van der Waals surface area contributed by atoms with Gasteiger partial charge in [-0.05, 0) is 29.9 Å². The molecule has 2 aromatic rings. The van der Waals surface area contributed by atoms with Gasteiger partial charge in [0.25, 0.3) is 5.91 Å². The summed E-state index contributed by atoms with van der Waals surface area (Å²) in [7, 11) is 0. The van der Waals surface area contributed by atoms with E-state index in [1.54, 1.807) is 16.3 Å². The number of carboxylic acid groups (broad SMARTS) is 1. The van der Waals surface area contributed by atoms with Crippen molar-refractivity contribution in [1.29, 1.82) is 0 Å². The van der Waals surface area contributed by atoms with Crippen molar-refractivity contribution in [3.8, 4) is 0 Å². The van der Waals surface area contributed by atoms with E-state index < -0.39 is 11.6 Å².